The molecular weight excluding hydrogens is 214 g/mol. The molecule has 1 nitrogen and oxygen atoms in total. The van der Waals surface area contributed by atoms with Crippen LogP contribution in [0.2, 0.25) is 0 Å². The predicted molar refractivity (Wildman–Crippen MR) is 76.2 cm³/mol. The zero-order valence-corrected chi connectivity index (χ0v) is 12.3. The van der Waals surface area contributed by atoms with Crippen LogP contribution in [0.4, 0.5) is 0 Å². The molecule has 0 spiro atoms. The molecule has 0 aromatic rings. The van der Waals surface area contributed by atoms with E-state index in [2.05, 4.69) is 33.0 Å². The Kier molecular flexibility index (Phi) is 6.83. The Morgan fingerprint density at radius 2 is 1.75 bits per heavy atom. The van der Waals surface area contributed by atoms with Gasteiger partial charge in [0.25, 0.3) is 0 Å². The van der Waals surface area contributed by atoms with Gasteiger partial charge < -0.3 is 5.32 Å². The first-order valence-electron chi connectivity index (χ1n) is 6.97. The highest BCUT2D eigenvalue weighted by molar-refractivity contribution is 7.99. The number of thioether (sulfide) groups is 1. The standard InChI is InChI=1S/C14H29NS/c1-5-16-10-12(4)15-14-8-6-13(7-9-14)11(2)3/h11-15H,5-10H2,1-4H3. The minimum Gasteiger partial charge on any atom is -0.311 e. The van der Waals surface area contributed by atoms with Crippen molar-refractivity contribution in [1.82, 2.24) is 5.32 Å². The van der Waals surface area contributed by atoms with Crippen LogP contribution in [-0.4, -0.2) is 23.6 Å². The van der Waals surface area contributed by atoms with Crippen molar-refractivity contribution >= 4 is 11.8 Å². The molecule has 0 bridgehead atoms. The second-order valence-electron chi connectivity index (χ2n) is 5.58. The van der Waals surface area contributed by atoms with Gasteiger partial charge in [-0.05, 0) is 50.2 Å². The Morgan fingerprint density at radius 1 is 1.12 bits per heavy atom. The highest BCUT2D eigenvalue weighted by Crippen LogP contribution is 2.30. The molecule has 1 aliphatic rings. The van der Waals surface area contributed by atoms with Gasteiger partial charge in [0.05, 0.1) is 0 Å². The van der Waals surface area contributed by atoms with E-state index in [-0.39, 0.29) is 0 Å². The first kappa shape index (κ1) is 14.4. The van der Waals surface area contributed by atoms with E-state index < -0.39 is 0 Å². The van der Waals surface area contributed by atoms with Crippen LogP contribution in [0.5, 0.6) is 0 Å². The molecule has 0 aromatic heterocycles. The zero-order valence-electron chi connectivity index (χ0n) is 11.5. The van der Waals surface area contributed by atoms with E-state index in [4.69, 9.17) is 0 Å². The second-order valence-corrected chi connectivity index (χ2v) is 6.90. The van der Waals surface area contributed by atoms with Crippen LogP contribution in [0.15, 0.2) is 0 Å². The fraction of sp³-hybridized carbons (Fsp3) is 1.00. The predicted octanol–water partition coefficient (Wildman–Crippen LogP) is 3.93. The molecule has 0 heterocycles. The summed E-state index contributed by atoms with van der Waals surface area (Å²) >= 11 is 2.05. The molecule has 1 saturated carbocycles. The molecule has 1 fully saturated rings. The number of hydrogen-bond donors (Lipinski definition) is 1. The van der Waals surface area contributed by atoms with E-state index >= 15 is 0 Å². The van der Waals surface area contributed by atoms with Crippen LogP contribution >= 0.6 is 11.8 Å². The maximum absolute atomic E-state index is 3.79. The van der Waals surface area contributed by atoms with Crippen molar-refractivity contribution in [2.45, 2.75) is 65.5 Å². The van der Waals surface area contributed by atoms with Crippen LogP contribution in [0, 0.1) is 11.8 Å². The number of hydrogen-bond acceptors (Lipinski definition) is 2. The Bertz CT molecular complexity index is 174. The second kappa shape index (κ2) is 7.60. The van der Waals surface area contributed by atoms with Gasteiger partial charge in [0.1, 0.15) is 0 Å². The first-order chi connectivity index (χ1) is 7.63. The van der Waals surface area contributed by atoms with Gasteiger partial charge in [0.15, 0.2) is 0 Å². The van der Waals surface area contributed by atoms with Gasteiger partial charge in [-0.1, -0.05) is 20.8 Å². The molecular formula is C14H29NS. The molecule has 0 aliphatic heterocycles. The van der Waals surface area contributed by atoms with Crippen molar-refractivity contribution in [3.05, 3.63) is 0 Å². The summed E-state index contributed by atoms with van der Waals surface area (Å²) in [6, 6.07) is 1.48. The van der Waals surface area contributed by atoms with Crippen molar-refractivity contribution in [1.29, 1.82) is 0 Å². The van der Waals surface area contributed by atoms with Crippen LogP contribution < -0.4 is 5.32 Å². The lowest BCUT2D eigenvalue weighted by molar-refractivity contribution is 0.233. The zero-order chi connectivity index (χ0) is 12.0. The summed E-state index contributed by atoms with van der Waals surface area (Å²) in [5.74, 6) is 4.37. The third-order valence-corrected chi connectivity index (χ3v) is 4.95. The normalized spacial score (nSPS) is 28.3. The van der Waals surface area contributed by atoms with E-state index in [1.54, 1.807) is 0 Å². The Labute approximate surface area is 106 Å². The van der Waals surface area contributed by atoms with Gasteiger partial charge in [-0.15, -0.1) is 0 Å². The van der Waals surface area contributed by atoms with Gasteiger partial charge in [-0.3, -0.25) is 0 Å². The summed E-state index contributed by atoms with van der Waals surface area (Å²) in [6.07, 6.45) is 5.65. The third-order valence-electron chi connectivity index (χ3n) is 3.81. The lowest BCUT2D eigenvalue weighted by atomic mass is 9.79. The Balaban J connectivity index is 2.16. The summed E-state index contributed by atoms with van der Waals surface area (Å²) in [6.45, 7) is 9.32. The topological polar surface area (TPSA) is 12.0 Å². The maximum Gasteiger partial charge on any atom is 0.0132 e. The highest BCUT2D eigenvalue weighted by atomic mass is 32.2. The molecule has 96 valence electrons. The smallest absolute Gasteiger partial charge is 0.0132 e. The molecule has 1 unspecified atom stereocenters. The molecule has 1 atom stereocenters. The van der Waals surface area contributed by atoms with Gasteiger partial charge in [0, 0.05) is 17.8 Å². The fourth-order valence-corrected chi connectivity index (χ4v) is 3.38. The maximum atomic E-state index is 3.79. The fourth-order valence-electron chi connectivity index (χ4n) is 2.70. The van der Waals surface area contributed by atoms with Crippen LogP contribution in [0.3, 0.4) is 0 Å². The Hall–Kier alpha value is 0.310. The van der Waals surface area contributed by atoms with Crippen molar-refractivity contribution in [2.24, 2.45) is 11.8 Å². The lowest BCUT2D eigenvalue weighted by Gasteiger charge is -2.33. The van der Waals surface area contributed by atoms with Crippen LogP contribution in [-0.2, 0) is 0 Å². The molecule has 16 heavy (non-hydrogen) atoms. The van der Waals surface area contributed by atoms with E-state index in [0.29, 0.717) is 6.04 Å². The summed E-state index contributed by atoms with van der Waals surface area (Å²) in [5, 5.41) is 3.79. The Morgan fingerprint density at radius 3 is 2.25 bits per heavy atom. The number of nitrogens with one attached hydrogen (secondary N) is 1. The highest BCUT2D eigenvalue weighted by Gasteiger charge is 2.23. The van der Waals surface area contributed by atoms with Crippen LogP contribution in [0.1, 0.15) is 53.4 Å². The van der Waals surface area contributed by atoms with Crippen molar-refractivity contribution in [2.75, 3.05) is 11.5 Å². The lowest BCUT2D eigenvalue weighted by Crippen LogP contribution is -2.40. The van der Waals surface area contributed by atoms with E-state index in [1.807, 2.05) is 11.8 Å². The summed E-state index contributed by atoms with van der Waals surface area (Å²) in [7, 11) is 0. The van der Waals surface area contributed by atoms with Gasteiger partial charge in [0.2, 0.25) is 0 Å². The SMILES string of the molecule is CCSCC(C)NC1CCC(C(C)C)CC1. The number of rotatable bonds is 6. The van der Waals surface area contributed by atoms with Gasteiger partial charge in [-0.2, -0.15) is 11.8 Å². The average molecular weight is 243 g/mol. The summed E-state index contributed by atoms with van der Waals surface area (Å²) < 4.78 is 0. The molecule has 0 saturated heterocycles. The molecule has 1 N–H and O–H groups in total. The minimum atomic E-state index is 0.686. The average Bonchev–Trinajstić information content (AvgIpc) is 2.27. The molecule has 1 rings (SSSR count). The van der Waals surface area contributed by atoms with E-state index in [1.165, 1.54) is 37.2 Å². The summed E-state index contributed by atoms with van der Waals surface area (Å²) in [4.78, 5) is 0. The van der Waals surface area contributed by atoms with Crippen molar-refractivity contribution in [3.63, 3.8) is 0 Å². The molecule has 0 radical (unpaired) electrons. The molecule has 0 aromatic carbocycles. The quantitative estimate of drug-likeness (QED) is 0.758. The monoisotopic (exact) mass is 243 g/mol. The van der Waals surface area contributed by atoms with Gasteiger partial charge >= 0.3 is 0 Å². The van der Waals surface area contributed by atoms with Crippen molar-refractivity contribution in [3.8, 4) is 0 Å². The first-order valence-corrected chi connectivity index (χ1v) is 8.12. The molecule has 2 heteroatoms. The van der Waals surface area contributed by atoms with Crippen molar-refractivity contribution < 1.29 is 0 Å². The molecule has 0 amide bonds. The summed E-state index contributed by atoms with van der Waals surface area (Å²) in [5.41, 5.74) is 0. The van der Waals surface area contributed by atoms with Gasteiger partial charge in [-0.25, -0.2) is 0 Å². The molecule has 1 aliphatic carbocycles. The van der Waals surface area contributed by atoms with E-state index in [9.17, 15) is 0 Å². The van der Waals surface area contributed by atoms with E-state index in [0.717, 1.165) is 17.9 Å². The minimum absolute atomic E-state index is 0.686. The largest absolute Gasteiger partial charge is 0.311 e. The third kappa shape index (κ3) is 5.09. The van der Waals surface area contributed by atoms with Crippen LogP contribution in [0.25, 0.3) is 0 Å².